The molecule has 0 saturated heterocycles. The van der Waals surface area contributed by atoms with Gasteiger partial charge in [-0.25, -0.2) is 5.43 Å². The molecular formula is C21H20N2O2. The summed E-state index contributed by atoms with van der Waals surface area (Å²) >= 11 is 0. The molecule has 0 bridgehead atoms. The second-order valence-corrected chi connectivity index (χ2v) is 6.50. The van der Waals surface area contributed by atoms with Crippen molar-refractivity contribution in [1.29, 1.82) is 0 Å². The zero-order valence-electron chi connectivity index (χ0n) is 13.9. The fourth-order valence-electron chi connectivity index (χ4n) is 3.28. The number of allylic oxidation sites excluding steroid dienone is 2. The lowest BCUT2D eigenvalue weighted by atomic mass is 9.74. The Kier molecular flexibility index (Phi) is 4.34. The number of carbonyl (C=O) groups excluding carboxylic acids is 1. The fourth-order valence-corrected chi connectivity index (χ4v) is 3.28. The molecule has 4 rings (SSSR count). The second-order valence-electron chi connectivity index (χ2n) is 6.50. The van der Waals surface area contributed by atoms with Crippen LogP contribution in [0.3, 0.4) is 0 Å². The van der Waals surface area contributed by atoms with E-state index in [4.69, 9.17) is 4.74 Å². The molecular weight excluding hydrogens is 312 g/mol. The number of carbonyl (C=O) groups is 1. The molecule has 2 atom stereocenters. The van der Waals surface area contributed by atoms with Crippen LogP contribution in [0.25, 0.3) is 0 Å². The third-order valence-electron chi connectivity index (χ3n) is 4.81. The molecule has 1 amide bonds. The number of rotatable bonds is 5. The van der Waals surface area contributed by atoms with Crippen molar-refractivity contribution < 1.29 is 9.53 Å². The highest BCUT2D eigenvalue weighted by molar-refractivity contribution is 5.98. The Morgan fingerprint density at radius 2 is 1.92 bits per heavy atom. The molecule has 126 valence electrons. The minimum absolute atomic E-state index is 0.173. The molecule has 2 aromatic carbocycles. The number of benzene rings is 2. The third-order valence-corrected chi connectivity index (χ3v) is 4.81. The van der Waals surface area contributed by atoms with E-state index >= 15 is 0 Å². The van der Waals surface area contributed by atoms with E-state index < -0.39 is 0 Å². The summed E-state index contributed by atoms with van der Waals surface area (Å²) in [7, 11) is 0. The van der Waals surface area contributed by atoms with Crippen LogP contribution in [-0.2, 0) is 6.61 Å². The van der Waals surface area contributed by atoms with Gasteiger partial charge in [-0.15, -0.1) is 0 Å². The zero-order chi connectivity index (χ0) is 17.1. The van der Waals surface area contributed by atoms with E-state index in [-0.39, 0.29) is 5.91 Å². The van der Waals surface area contributed by atoms with E-state index in [2.05, 4.69) is 22.7 Å². The Bertz CT molecular complexity index is 810. The summed E-state index contributed by atoms with van der Waals surface area (Å²) in [6.45, 7) is 0.476. The summed E-state index contributed by atoms with van der Waals surface area (Å²) in [4.78, 5) is 12.2. The molecule has 1 fully saturated rings. The molecule has 2 aromatic rings. The maximum Gasteiger partial charge on any atom is 0.271 e. The lowest BCUT2D eigenvalue weighted by Gasteiger charge is -2.31. The topological polar surface area (TPSA) is 50.7 Å². The van der Waals surface area contributed by atoms with Crippen molar-refractivity contribution >= 4 is 11.6 Å². The summed E-state index contributed by atoms with van der Waals surface area (Å²) in [5.41, 5.74) is 5.38. The summed E-state index contributed by atoms with van der Waals surface area (Å²) < 4.78 is 5.70. The molecule has 2 aliphatic carbocycles. The molecule has 0 unspecified atom stereocenters. The third kappa shape index (κ3) is 3.48. The Morgan fingerprint density at radius 3 is 2.68 bits per heavy atom. The highest BCUT2D eigenvalue weighted by Crippen LogP contribution is 2.40. The van der Waals surface area contributed by atoms with Crippen LogP contribution in [0.4, 0.5) is 0 Å². The lowest BCUT2D eigenvalue weighted by molar-refractivity contribution is 0.0954. The van der Waals surface area contributed by atoms with Crippen molar-refractivity contribution in [1.82, 2.24) is 5.43 Å². The van der Waals surface area contributed by atoms with E-state index in [1.54, 1.807) is 12.1 Å². The van der Waals surface area contributed by atoms with E-state index in [0.717, 1.165) is 29.9 Å². The number of nitrogens with one attached hydrogen (secondary N) is 1. The average molecular weight is 332 g/mol. The summed E-state index contributed by atoms with van der Waals surface area (Å²) in [6, 6.07) is 17.1. The predicted octanol–water partition coefficient (Wildman–Crippen LogP) is 3.95. The monoisotopic (exact) mass is 332 g/mol. The van der Waals surface area contributed by atoms with Gasteiger partial charge >= 0.3 is 0 Å². The quantitative estimate of drug-likeness (QED) is 0.666. The van der Waals surface area contributed by atoms with Crippen molar-refractivity contribution in [2.45, 2.75) is 19.4 Å². The van der Waals surface area contributed by atoms with E-state index in [1.807, 2.05) is 42.5 Å². The number of para-hydroxylation sites is 1. The standard InChI is InChI=1S/C21H20N2O2/c24-21(23-22-20-13-17-5-4-8-19(17)20)16-11-9-15(10-12-16)14-25-18-6-2-1-3-7-18/h1-4,6-12,17,19H,5,13-14H2,(H,23,24)/b22-20-/t17-,19-/m1/s1. The van der Waals surface area contributed by atoms with Crippen LogP contribution >= 0.6 is 0 Å². The highest BCUT2D eigenvalue weighted by atomic mass is 16.5. The van der Waals surface area contributed by atoms with Crippen molar-refractivity contribution in [3.8, 4) is 5.75 Å². The van der Waals surface area contributed by atoms with Gasteiger partial charge in [0, 0.05) is 17.2 Å². The molecule has 2 aliphatic rings. The van der Waals surface area contributed by atoms with Crippen LogP contribution in [-0.4, -0.2) is 11.6 Å². The Balaban J connectivity index is 1.31. The van der Waals surface area contributed by atoms with E-state index in [0.29, 0.717) is 24.0 Å². The van der Waals surface area contributed by atoms with E-state index in [1.165, 1.54) is 0 Å². The molecule has 0 radical (unpaired) electrons. The van der Waals surface area contributed by atoms with Gasteiger partial charge in [0.25, 0.3) is 5.91 Å². The number of ether oxygens (including phenoxy) is 1. The van der Waals surface area contributed by atoms with Crippen LogP contribution < -0.4 is 10.2 Å². The molecule has 25 heavy (non-hydrogen) atoms. The first kappa shape index (κ1) is 15.6. The Hall–Kier alpha value is -2.88. The van der Waals surface area contributed by atoms with Crippen molar-refractivity contribution in [2.75, 3.05) is 0 Å². The number of hydrogen-bond acceptors (Lipinski definition) is 3. The first-order chi connectivity index (χ1) is 12.3. The van der Waals surface area contributed by atoms with Crippen molar-refractivity contribution in [3.63, 3.8) is 0 Å². The summed E-state index contributed by atoms with van der Waals surface area (Å²) in [5.74, 6) is 1.81. The van der Waals surface area contributed by atoms with E-state index in [9.17, 15) is 4.79 Å². The number of amides is 1. The smallest absolute Gasteiger partial charge is 0.271 e. The molecule has 4 heteroatoms. The molecule has 1 N–H and O–H groups in total. The number of nitrogens with zero attached hydrogens (tertiary/aromatic N) is 1. The molecule has 0 heterocycles. The van der Waals surface area contributed by atoms with Gasteiger partial charge in [0.1, 0.15) is 12.4 Å². The van der Waals surface area contributed by atoms with Crippen LogP contribution in [0.2, 0.25) is 0 Å². The normalized spacial score (nSPS) is 22.3. The van der Waals surface area contributed by atoms with Crippen molar-refractivity contribution in [2.24, 2.45) is 16.9 Å². The number of hydrazone groups is 1. The lowest BCUT2D eigenvalue weighted by Crippen LogP contribution is -2.35. The predicted molar refractivity (Wildman–Crippen MR) is 97.5 cm³/mol. The van der Waals surface area contributed by atoms with Gasteiger partial charge in [0.15, 0.2) is 0 Å². The number of fused-ring (bicyclic) bond motifs is 1. The van der Waals surface area contributed by atoms with Gasteiger partial charge in [-0.05, 0) is 48.6 Å². The minimum atomic E-state index is -0.173. The average Bonchev–Trinajstić information content (AvgIpc) is 3.02. The minimum Gasteiger partial charge on any atom is -0.489 e. The first-order valence-electron chi connectivity index (χ1n) is 8.60. The summed E-state index contributed by atoms with van der Waals surface area (Å²) in [6.07, 6.45) is 6.54. The molecule has 0 spiro atoms. The molecule has 0 aromatic heterocycles. The Morgan fingerprint density at radius 1 is 1.12 bits per heavy atom. The molecule has 4 nitrogen and oxygen atoms in total. The van der Waals surface area contributed by atoms with Crippen LogP contribution in [0.5, 0.6) is 5.75 Å². The Labute approximate surface area is 147 Å². The SMILES string of the molecule is O=C(N/N=C1/C[C@H]2CC=C[C@@H]12)c1ccc(COc2ccccc2)cc1. The van der Waals surface area contributed by atoms with Gasteiger partial charge in [0.05, 0.1) is 0 Å². The number of hydrogen-bond donors (Lipinski definition) is 1. The van der Waals surface area contributed by atoms with Crippen LogP contribution in [0.1, 0.15) is 28.8 Å². The van der Waals surface area contributed by atoms with Gasteiger partial charge in [-0.3, -0.25) is 4.79 Å². The van der Waals surface area contributed by atoms with Gasteiger partial charge < -0.3 is 4.74 Å². The summed E-state index contributed by atoms with van der Waals surface area (Å²) in [5, 5.41) is 4.29. The van der Waals surface area contributed by atoms with Crippen LogP contribution in [0.15, 0.2) is 71.9 Å². The van der Waals surface area contributed by atoms with Gasteiger partial charge in [0.2, 0.25) is 0 Å². The molecule has 1 saturated carbocycles. The first-order valence-corrected chi connectivity index (χ1v) is 8.60. The molecule has 0 aliphatic heterocycles. The van der Waals surface area contributed by atoms with Gasteiger partial charge in [-0.2, -0.15) is 5.10 Å². The van der Waals surface area contributed by atoms with Crippen LogP contribution in [0, 0.1) is 11.8 Å². The maximum atomic E-state index is 12.2. The largest absolute Gasteiger partial charge is 0.489 e. The highest BCUT2D eigenvalue weighted by Gasteiger charge is 2.37. The van der Waals surface area contributed by atoms with Gasteiger partial charge in [-0.1, -0.05) is 42.5 Å². The van der Waals surface area contributed by atoms with Crippen molar-refractivity contribution in [3.05, 3.63) is 77.9 Å². The fraction of sp³-hybridized carbons (Fsp3) is 0.238. The second kappa shape index (κ2) is 6.93. The maximum absolute atomic E-state index is 12.2. The zero-order valence-corrected chi connectivity index (χ0v) is 13.9.